The normalized spacial score (nSPS) is 11.4. The Morgan fingerprint density at radius 2 is 1.88 bits per heavy atom. The summed E-state index contributed by atoms with van der Waals surface area (Å²) < 4.78 is 10.6. The van der Waals surface area contributed by atoms with Crippen molar-refractivity contribution in [3.05, 3.63) is 62.1 Å². The van der Waals surface area contributed by atoms with E-state index in [0.29, 0.717) is 22.2 Å². The lowest BCUT2D eigenvalue weighted by atomic mass is 10.1. The third-order valence-corrected chi connectivity index (χ3v) is 5.81. The Morgan fingerprint density at radius 1 is 1.21 bits per heavy atom. The van der Waals surface area contributed by atoms with Gasteiger partial charge in [0.05, 0.1) is 12.0 Å². The number of nitro benzene ring substituents is 1. The molecule has 9 nitrogen and oxygen atoms in total. The first-order valence-electron chi connectivity index (χ1n) is 10.6. The molecule has 0 aromatic heterocycles. The van der Waals surface area contributed by atoms with Gasteiger partial charge in [-0.15, -0.1) is 0 Å². The van der Waals surface area contributed by atoms with E-state index in [2.05, 4.69) is 5.32 Å². The fourth-order valence-electron chi connectivity index (χ4n) is 3.10. The number of nitrogens with one attached hydrogen (secondary N) is 1. The lowest BCUT2D eigenvalue weighted by molar-refractivity contribution is -0.385. The fraction of sp³-hybridized carbons (Fsp3) is 0.391. The second-order valence-corrected chi connectivity index (χ2v) is 8.24. The molecule has 2 aromatic rings. The SMILES string of the molecule is CCCCNC(=O)[C@@H](C)N(Cc1c(Cl)cccc1Cl)C(=O)COc1ccc([N+](=O)[O-])c(OC)c1. The Morgan fingerprint density at radius 3 is 2.47 bits per heavy atom. The monoisotopic (exact) mass is 511 g/mol. The highest BCUT2D eigenvalue weighted by molar-refractivity contribution is 6.36. The minimum atomic E-state index is -0.827. The Bertz CT molecular complexity index is 1010. The molecule has 2 amide bonds. The molecule has 0 aliphatic rings. The van der Waals surface area contributed by atoms with Crippen molar-refractivity contribution in [2.75, 3.05) is 20.3 Å². The zero-order valence-electron chi connectivity index (χ0n) is 19.2. The number of methoxy groups -OCH3 is 1. The van der Waals surface area contributed by atoms with Gasteiger partial charge >= 0.3 is 5.69 Å². The second-order valence-electron chi connectivity index (χ2n) is 7.42. The summed E-state index contributed by atoms with van der Waals surface area (Å²) in [5.41, 5.74) is 0.276. The molecule has 0 saturated carbocycles. The summed E-state index contributed by atoms with van der Waals surface area (Å²) in [6.07, 6.45) is 1.73. The molecule has 0 saturated heterocycles. The molecular formula is C23H27Cl2N3O6. The quantitative estimate of drug-likeness (QED) is 0.252. The van der Waals surface area contributed by atoms with Crippen LogP contribution >= 0.6 is 23.2 Å². The molecular weight excluding hydrogens is 485 g/mol. The topological polar surface area (TPSA) is 111 Å². The molecule has 34 heavy (non-hydrogen) atoms. The molecule has 11 heteroatoms. The molecule has 0 spiro atoms. The number of nitrogens with zero attached hydrogens (tertiary/aromatic N) is 2. The first kappa shape index (κ1) is 27.2. The van der Waals surface area contributed by atoms with Crippen LogP contribution in [0.15, 0.2) is 36.4 Å². The lowest BCUT2D eigenvalue weighted by Crippen LogP contribution is -2.49. The van der Waals surface area contributed by atoms with Crippen molar-refractivity contribution >= 4 is 40.7 Å². The maximum atomic E-state index is 13.1. The highest BCUT2D eigenvalue weighted by atomic mass is 35.5. The number of hydrogen-bond donors (Lipinski definition) is 1. The summed E-state index contributed by atoms with van der Waals surface area (Å²) in [6.45, 7) is 3.68. The average molecular weight is 512 g/mol. The summed E-state index contributed by atoms with van der Waals surface area (Å²) in [6, 6.07) is 8.07. The average Bonchev–Trinajstić information content (AvgIpc) is 2.81. The minimum absolute atomic E-state index is 0.00155. The van der Waals surface area contributed by atoms with Gasteiger partial charge in [0.2, 0.25) is 11.7 Å². The maximum absolute atomic E-state index is 13.1. The van der Waals surface area contributed by atoms with Crippen molar-refractivity contribution in [3.8, 4) is 11.5 Å². The number of hydrogen-bond acceptors (Lipinski definition) is 6. The van der Waals surface area contributed by atoms with Gasteiger partial charge in [0, 0.05) is 40.8 Å². The number of amides is 2. The van der Waals surface area contributed by atoms with Crippen LogP contribution in [0.1, 0.15) is 32.3 Å². The van der Waals surface area contributed by atoms with Gasteiger partial charge in [-0.05, 0) is 31.5 Å². The third-order valence-electron chi connectivity index (χ3n) is 5.10. The van der Waals surface area contributed by atoms with Crippen LogP contribution in [0.4, 0.5) is 5.69 Å². The Balaban J connectivity index is 2.22. The van der Waals surface area contributed by atoms with E-state index >= 15 is 0 Å². The van der Waals surface area contributed by atoms with Crippen molar-refractivity contribution in [2.24, 2.45) is 0 Å². The predicted octanol–water partition coefficient (Wildman–Crippen LogP) is 4.62. The van der Waals surface area contributed by atoms with Crippen LogP contribution in [0.3, 0.4) is 0 Å². The van der Waals surface area contributed by atoms with Crippen LogP contribution in [0.2, 0.25) is 10.0 Å². The van der Waals surface area contributed by atoms with E-state index < -0.39 is 23.5 Å². The van der Waals surface area contributed by atoms with Gasteiger partial charge in [-0.1, -0.05) is 42.6 Å². The smallest absolute Gasteiger partial charge is 0.311 e. The molecule has 1 atom stereocenters. The number of ether oxygens (including phenoxy) is 2. The summed E-state index contributed by atoms with van der Waals surface area (Å²) in [4.78, 5) is 37.7. The lowest BCUT2D eigenvalue weighted by Gasteiger charge is -2.29. The number of unbranched alkanes of at least 4 members (excludes halogenated alkanes) is 1. The predicted molar refractivity (Wildman–Crippen MR) is 130 cm³/mol. The number of carbonyl (C=O) groups excluding carboxylic acids is 2. The van der Waals surface area contributed by atoms with Crippen LogP contribution in [-0.4, -0.2) is 47.9 Å². The van der Waals surface area contributed by atoms with Crippen LogP contribution < -0.4 is 14.8 Å². The molecule has 0 aliphatic heterocycles. The van der Waals surface area contributed by atoms with Crippen molar-refractivity contribution in [2.45, 2.75) is 39.3 Å². The molecule has 2 rings (SSSR count). The molecule has 0 unspecified atom stereocenters. The molecule has 2 aromatic carbocycles. The zero-order chi connectivity index (χ0) is 25.3. The Kier molecular flexibility index (Phi) is 10.4. The first-order chi connectivity index (χ1) is 16.2. The van der Waals surface area contributed by atoms with Gasteiger partial charge in [0.15, 0.2) is 6.61 Å². The van der Waals surface area contributed by atoms with E-state index in [1.165, 1.54) is 30.2 Å². The van der Waals surface area contributed by atoms with Gasteiger partial charge in [-0.3, -0.25) is 19.7 Å². The van der Waals surface area contributed by atoms with E-state index in [1.807, 2.05) is 6.92 Å². The molecule has 0 fully saturated rings. The number of benzene rings is 2. The van der Waals surface area contributed by atoms with Crippen LogP contribution in [0, 0.1) is 10.1 Å². The van der Waals surface area contributed by atoms with Crippen molar-refractivity contribution in [1.29, 1.82) is 0 Å². The Labute approximate surface area is 208 Å². The number of halogens is 2. The van der Waals surface area contributed by atoms with Gasteiger partial charge in [-0.25, -0.2) is 0 Å². The Hall–Kier alpha value is -3.04. The zero-order valence-corrected chi connectivity index (χ0v) is 20.7. The van der Waals surface area contributed by atoms with E-state index in [1.54, 1.807) is 25.1 Å². The summed E-state index contributed by atoms with van der Waals surface area (Å²) in [7, 11) is 1.30. The number of rotatable bonds is 12. The largest absolute Gasteiger partial charge is 0.490 e. The fourth-order valence-corrected chi connectivity index (χ4v) is 3.62. The van der Waals surface area contributed by atoms with Crippen LogP contribution in [0.25, 0.3) is 0 Å². The van der Waals surface area contributed by atoms with Crippen molar-refractivity contribution in [1.82, 2.24) is 10.2 Å². The van der Waals surface area contributed by atoms with Gasteiger partial charge in [-0.2, -0.15) is 0 Å². The summed E-state index contributed by atoms with van der Waals surface area (Å²) in [5.74, 6) is -0.613. The van der Waals surface area contributed by atoms with E-state index in [4.69, 9.17) is 32.7 Å². The van der Waals surface area contributed by atoms with Crippen LogP contribution in [-0.2, 0) is 16.1 Å². The van der Waals surface area contributed by atoms with Crippen molar-refractivity contribution < 1.29 is 24.0 Å². The van der Waals surface area contributed by atoms with Gasteiger partial charge < -0.3 is 19.7 Å². The van der Waals surface area contributed by atoms with Gasteiger partial charge in [0.25, 0.3) is 5.91 Å². The number of nitro groups is 1. The first-order valence-corrected chi connectivity index (χ1v) is 11.4. The number of carbonyl (C=O) groups is 2. The molecule has 0 radical (unpaired) electrons. The molecule has 0 heterocycles. The van der Waals surface area contributed by atoms with Crippen molar-refractivity contribution in [3.63, 3.8) is 0 Å². The summed E-state index contributed by atoms with van der Waals surface area (Å²) >= 11 is 12.6. The maximum Gasteiger partial charge on any atom is 0.311 e. The van der Waals surface area contributed by atoms with E-state index in [0.717, 1.165) is 12.8 Å². The third kappa shape index (κ3) is 7.23. The highest BCUT2D eigenvalue weighted by Crippen LogP contribution is 2.31. The van der Waals surface area contributed by atoms with Gasteiger partial charge in [0.1, 0.15) is 11.8 Å². The van der Waals surface area contributed by atoms with E-state index in [9.17, 15) is 19.7 Å². The van der Waals surface area contributed by atoms with Crippen LogP contribution in [0.5, 0.6) is 11.5 Å². The minimum Gasteiger partial charge on any atom is -0.490 e. The molecule has 0 aliphatic carbocycles. The summed E-state index contributed by atoms with van der Waals surface area (Å²) in [5, 5.41) is 14.6. The molecule has 1 N–H and O–H groups in total. The molecule has 184 valence electrons. The standard InChI is InChI=1S/C23H27Cl2N3O6/c1-4-5-11-26-23(30)15(2)27(13-17-18(24)7-6-8-19(17)25)22(29)14-34-16-9-10-20(28(31)32)21(12-16)33-3/h6-10,12,15H,4-5,11,13-14H2,1-3H3,(H,26,30)/t15-/m1/s1. The second kappa shape index (κ2) is 13.0. The van der Waals surface area contributed by atoms with E-state index in [-0.39, 0.29) is 29.6 Å². The molecule has 0 bridgehead atoms. The highest BCUT2D eigenvalue weighted by Gasteiger charge is 2.28.